The van der Waals surface area contributed by atoms with Crippen LogP contribution in [0.25, 0.3) is 5.76 Å². The smallest absolute Gasteiger partial charge is 0.295 e. The molecule has 4 rings (SSSR count). The summed E-state index contributed by atoms with van der Waals surface area (Å²) in [6.07, 6.45) is 0. The second-order valence-corrected chi connectivity index (χ2v) is 8.02. The molecule has 1 amide bonds. The van der Waals surface area contributed by atoms with Crippen molar-refractivity contribution in [3.8, 4) is 5.75 Å². The number of nitrogens with zero attached hydrogens (tertiary/aromatic N) is 3. The Morgan fingerprint density at radius 1 is 1.09 bits per heavy atom. The molecule has 1 N–H and O–H groups in total. The van der Waals surface area contributed by atoms with Crippen molar-refractivity contribution in [1.82, 2.24) is 9.80 Å². The predicted octanol–water partition coefficient (Wildman–Crippen LogP) is 2.36. The third kappa shape index (κ3) is 4.63. The molecule has 178 valence electrons. The molecule has 2 saturated heterocycles. The Morgan fingerprint density at radius 2 is 1.74 bits per heavy atom. The van der Waals surface area contributed by atoms with Crippen molar-refractivity contribution in [3.05, 3.63) is 75.3 Å². The van der Waals surface area contributed by atoms with Gasteiger partial charge in [0.2, 0.25) is 0 Å². The summed E-state index contributed by atoms with van der Waals surface area (Å²) in [6, 6.07) is 11.3. The molecule has 0 spiro atoms. The molecular weight excluding hydrogens is 442 g/mol. The van der Waals surface area contributed by atoms with Crippen molar-refractivity contribution in [2.75, 3.05) is 46.5 Å². The number of nitro groups is 1. The molecule has 2 aliphatic rings. The zero-order valence-corrected chi connectivity index (χ0v) is 18.7. The Labute approximate surface area is 196 Å². The van der Waals surface area contributed by atoms with Crippen molar-refractivity contribution in [2.45, 2.75) is 6.04 Å². The molecule has 0 radical (unpaired) electrons. The van der Waals surface area contributed by atoms with Gasteiger partial charge in [-0.2, -0.15) is 0 Å². The average Bonchev–Trinajstić information content (AvgIpc) is 3.12. The topological polar surface area (TPSA) is 122 Å². The van der Waals surface area contributed by atoms with Crippen molar-refractivity contribution >= 4 is 23.1 Å². The van der Waals surface area contributed by atoms with E-state index in [2.05, 4.69) is 4.90 Å². The number of carbonyl (C=O) groups excluding carboxylic acids is 2. The molecule has 34 heavy (non-hydrogen) atoms. The van der Waals surface area contributed by atoms with Crippen LogP contribution >= 0.6 is 0 Å². The number of aliphatic hydroxyl groups excluding tert-OH is 1. The molecule has 10 heteroatoms. The Balaban J connectivity index is 1.73. The number of non-ortho nitro benzene ring substituents is 1. The van der Waals surface area contributed by atoms with Gasteiger partial charge in [0.25, 0.3) is 17.4 Å². The first-order chi connectivity index (χ1) is 16.4. The Morgan fingerprint density at radius 3 is 2.32 bits per heavy atom. The van der Waals surface area contributed by atoms with Crippen LogP contribution in [-0.4, -0.2) is 78.0 Å². The number of benzene rings is 2. The standard InChI is InChI=1S/C24H25N3O7/c1-33-19-8-4-17(5-9-19)22(28)20-21(16-2-6-18(7-3-16)27(31)32)26(24(30)23(20)29)11-10-25-12-14-34-15-13-25/h2-9,21,28H,10-15H2,1H3/b22-20+. The van der Waals surface area contributed by atoms with Gasteiger partial charge in [-0.15, -0.1) is 0 Å². The van der Waals surface area contributed by atoms with Crippen LogP contribution in [0.1, 0.15) is 17.2 Å². The number of methoxy groups -OCH3 is 1. The fourth-order valence-corrected chi connectivity index (χ4v) is 4.21. The highest BCUT2D eigenvalue weighted by Gasteiger charge is 2.46. The Kier molecular flexibility index (Phi) is 6.90. The van der Waals surface area contributed by atoms with E-state index in [1.807, 2.05) is 0 Å². The van der Waals surface area contributed by atoms with Gasteiger partial charge in [0.15, 0.2) is 0 Å². The van der Waals surface area contributed by atoms with E-state index in [4.69, 9.17) is 9.47 Å². The van der Waals surface area contributed by atoms with Crippen LogP contribution in [0.15, 0.2) is 54.1 Å². The van der Waals surface area contributed by atoms with Crippen LogP contribution in [0.5, 0.6) is 5.75 Å². The SMILES string of the molecule is COc1ccc(/C(O)=C2\C(=O)C(=O)N(CCN3CCOCC3)C2c2ccc([N+](=O)[O-])cc2)cc1. The number of amides is 1. The third-order valence-corrected chi connectivity index (χ3v) is 6.08. The first kappa shape index (κ1) is 23.4. The minimum atomic E-state index is -0.871. The molecule has 2 aromatic rings. The largest absolute Gasteiger partial charge is 0.507 e. The van der Waals surface area contributed by atoms with Crippen molar-refractivity contribution < 1.29 is 29.1 Å². The summed E-state index contributed by atoms with van der Waals surface area (Å²) in [4.78, 5) is 40.3. The zero-order valence-electron chi connectivity index (χ0n) is 18.7. The fraction of sp³-hybridized carbons (Fsp3) is 0.333. The van der Waals surface area contributed by atoms with Crippen LogP contribution in [0.4, 0.5) is 5.69 Å². The van der Waals surface area contributed by atoms with E-state index in [1.165, 1.54) is 36.3 Å². The molecule has 0 saturated carbocycles. The van der Waals surface area contributed by atoms with Gasteiger partial charge in [-0.05, 0) is 42.0 Å². The van der Waals surface area contributed by atoms with E-state index in [0.717, 1.165) is 13.1 Å². The van der Waals surface area contributed by atoms with Gasteiger partial charge in [0.05, 0.1) is 36.9 Å². The summed E-state index contributed by atoms with van der Waals surface area (Å²) in [5.74, 6) is -1.24. The van der Waals surface area contributed by atoms with Crippen LogP contribution in [-0.2, 0) is 14.3 Å². The summed E-state index contributed by atoms with van der Waals surface area (Å²) >= 11 is 0. The molecule has 0 aliphatic carbocycles. The van der Waals surface area contributed by atoms with E-state index in [9.17, 15) is 24.8 Å². The van der Waals surface area contributed by atoms with Gasteiger partial charge in [-0.25, -0.2) is 0 Å². The lowest BCUT2D eigenvalue weighted by atomic mass is 9.95. The fourth-order valence-electron chi connectivity index (χ4n) is 4.21. The number of hydrogen-bond donors (Lipinski definition) is 1. The molecule has 1 atom stereocenters. The van der Waals surface area contributed by atoms with E-state index < -0.39 is 22.7 Å². The molecule has 10 nitrogen and oxygen atoms in total. The maximum Gasteiger partial charge on any atom is 0.295 e. The highest BCUT2D eigenvalue weighted by Crippen LogP contribution is 2.39. The van der Waals surface area contributed by atoms with Crippen LogP contribution in [0, 0.1) is 10.1 Å². The zero-order chi connectivity index (χ0) is 24.2. The van der Waals surface area contributed by atoms with Gasteiger partial charge in [-0.3, -0.25) is 24.6 Å². The number of hydrogen-bond acceptors (Lipinski definition) is 8. The van der Waals surface area contributed by atoms with Crippen LogP contribution < -0.4 is 4.74 Å². The van der Waals surface area contributed by atoms with Gasteiger partial charge in [0, 0.05) is 43.9 Å². The van der Waals surface area contributed by atoms with E-state index in [1.54, 1.807) is 24.3 Å². The quantitative estimate of drug-likeness (QED) is 0.217. The average molecular weight is 467 g/mol. The lowest BCUT2D eigenvalue weighted by molar-refractivity contribution is -0.384. The van der Waals surface area contributed by atoms with Crippen LogP contribution in [0.3, 0.4) is 0 Å². The number of nitro benzene ring substituents is 1. The summed E-state index contributed by atoms with van der Waals surface area (Å²) in [7, 11) is 1.52. The minimum Gasteiger partial charge on any atom is -0.507 e. The molecule has 2 aliphatic heterocycles. The van der Waals surface area contributed by atoms with E-state index in [-0.39, 0.29) is 23.6 Å². The Bertz CT molecular complexity index is 1110. The van der Waals surface area contributed by atoms with Gasteiger partial charge >= 0.3 is 0 Å². The lowest BCUT2D eigenvalue weighted by Crippen LogP contribution is -2.42. The maximum absolute atomic E-state index is 13.1. The first-order valence-electron chi connectivity index (χ1n) is 10.9. The maximum atomic E-state index is 13.1. The monoisotopic (exact) mass is 467 g/mol. The van der Waals surface area contributed by atoms with E-state index in [0.29, 0.717) is 36.6 Å². The first-order valence-corrected chi connectivity index (χ1v) is 10.9. The summed E-state index contributed by atoms with van der Waals surface area (Å²) in [5, 5.41) is 22.2. The molecule has 2 heterocycles. The molecule has 1 unspecified atom stereocenters. The number of carbonyl (C=O) groups is 2. The van der Waals surface area contributed by atoms with Gasteiger partial charge in [-0.1, -0.05) is 0 Å². The molecule has 0 aromatic heterocycles. The van der Waals surface area contributed by atoms with Gasteiger partial charge < -0.3 is 19.5 Å². The van der Waals surface area contributed by atoms with Gasteiger partial charge in [0.1, 0.15) is 11.5 Å². The number of rotatable bonds is 7. The number of likely N-dealkylation sites (tertiary alicyclic amines) is 1. The summed E-state index contributed by atoms with van der Waals surface area (Å²) < 4.78 is 10.5. The number of morpholine rings is 1. The molecule has 2 fully saturated rings. The summed E-state index contributed by atoms with van der Waals surface area (Å²) in [6.45, 7) is 3.42. The number of Topliss-reactive ketones (excluding diaryl/α,β-unsaturated/α-hetero) is 1. The number of ether oxygens (including phenoxy) is 2. The molecule has 0 bridgehead atoms. The van der Waals surface area contributed by atoms with Crippen molar-refractivity contribution in [3.63, 3.8) is 0 Å². The highest BCUT2D eigenvalue weighted by atomic mass is 16.6. The lowest BCUT2D eigenvalue weighted by Gasteiger charge is -2.31. The van der Waals surface area contributed by atoms with E-state index >= 15 is 0 Å². The third-order valence-electron chi connectivity index (χ3n) is 6.08. The number of ketones is 1. The normalized spacial score (nSPS) is 20.5. The van der Waals surface area contributed by atoms with Crippen molar-refractivity contribution in [2.24, 2.45) is 0 Å². The number of aliphatic hydroxyl groups is 1. The highest BCUT2D eigenvalue weighted by molar-refractivity contribution is 6.46. The Hall–Kier alpha value is -3.76. The van der Waals surface area contributed by atoms with Crippen LogP contribution in [0.2, 0.25) is 0 Å². The molecular formula is C24H25N3O7. The van der Waals surface area contributed by atoms with Crippen molar-refractivity contribution in [1.29, 1.82) is 0 Å². The molecule has 2 aromatic carbocycles. The predicted molar refractivity (Wildman–Crippen MR) is 122 cm³/mol. The second kappa shape index (κ2) is 10.0. The summed E-state index contributed by atoms with van der Waals surface area (Å²) in [5.41, 5.74) is 0.705. The second-order valence-electron chi connectivity index (χ2n) is 8.02. The minimum absolute atomic E-state index is 0.0500.